The third-order valence-electron chi connectivity index (χ3n) is 4.08. The summed E-state index contributed by atoms with van der Waals surface area (Å²) in [5.41, 5.74) is 2.84. The second-order valence-corrected chi connectivity index (χ2v) is 6.12. The topological polar surface area (TPSA) is 84.2 Å². The molecule has 0 aliphatic carbocycles. The highest BCUT2D eigenvalue weighted by molar-refractivity contribution is 6.09. The monoisotopic (exact) mass is 363 g/mol. The summed E-state index contributed by atoms with van der Waals surface area (Å²) in [7, 11) is 0. The zero-order chi connectivity index (χ0) is 19.2. The lowest BCUT2D eigenvalue weighted by Crippen LogP contribution is -2.23. The number of rotatable bonds is 6. The van der Waals surface area contributed by atoms with Gasteiger partial charge in [-0.25, -0.2) is 0 Å². The van der Waals surface area contributed by atoms with Gasteiger partial charge in [0.15, 0.2) is 0 Å². The van der Waals surface area contributed by atoms with Gasteiger partial charge in [0.1, 0.15) is 17.0 Å². The first-order valence-electron chi connectivity index (χ1n) is 8.81. The Balaban J connectivity index is 1.77. The normalized spacial score (nSPS) is 10.4. The molecule has 0 radical (unpaired) electrons. The third-order valence-corrected chi connectivity index (χ3v) is 4.08. The molecule has 3 aromatic rings. The van der Waals surface area contributed by atoms with Crippen molar-refractivity contribution in [3.63, 3.8) is 0 Å². The van der Waals surface area contributed by atoms with Crippen LogP contribution in [0, 0.1) is 6.92 Å². The first-order chi connectivity index (χ1) is 13.1. The molecule has 0 aliphatic rings. The minimum absolute atomic E-state index is 0.129. The number of hydrogen-bond donors (Lipinski definition) is 2. The molecule has 0 fully saturated rings. The van der Waals surface area contributed by atoms with Crippen molar-refractivity contribution in [2.24, 2.45) is 0 Å². The van der Waals surface area contributed by atoms with Crippen LogP contribution in [0.1, 0.15) is 39.8 Å². The minimum atomic E-state index is -0.309. The Morgan fingerprint density at radius 2 is 1.70 bits per heavy atom. The predicted molar refractivity (Wildman–Crippen MR) is 104 cm³/mol. The maximum absolute atomic E-state index is 12.8. The standard InChI is InChI=1S/C21H21N3O3/c1-3-13-22-20(25)16-9-11-17(12-10-16)23-21(26)18-14(2)27-24-19(18)15-7-5-4-6-8-15/h4-12H,3,13H2,1-2H3,(H,22,25)(H,23,26). The Hall–Kier alpha value is -3.41. The van der Waals surface area contributed by atoms with Gasteiger partial charge < -0.3 is 15.2 Å². The molecule has 0 spiro atoms. The molecule has 0 saturated carbocycles. The molecule has 2 aromatic carbocycles. The van der Waals surface area contributed by atoms with Gasteiger partial charge in [0, 0.05) is 23.4 Å². The van der Waals surface area contributed by atoms with E-state index in [4.69, 9.17) is 4.52 Å². The lowest BCUT2D eigenvalue weighted by atomic mass is 10.1. The van der Waals surface area contributed by atoms with Crippen molar-refractivity contribution in [3.8, 4) is 11.3 Å². The van der Waals surface area contributed by atoms with Crippen LogP contribution in [-0.2, 0) is 0 Å². The van der Waals surface area contributed by atoms with E-state index in [1.54, 1.807) is 31.2 Å². The average Bonchev–Trinajstić information content (AvgIpc) is 3.09. The van der Waals surface area contributed by atoms with Crippen LogP contribution in [0.2, 0.25) is 0 Å². The highest BCUT2D eigenvalue weighted by Crippen LogP contribution is 2.26. The van der Waals surface area contributed by atoms with Gasteiger partial charge in [-0.3, -0.25) is 9.59 Å². The third kappa shape index (κ3) is 4.23. The van der Waals surface area contributed by atoms with Crippen LogP contribution in [0.15, 0.2) is 59.1 Å². The van der Waals surface area contributed by atoms with E-state index >= 15 is 0 Å². The van der Waals surface area contributed by atoms with Crippen molar-refractivity contribution >= 4 is 17.5 Å². The largest absolute Gasteiger partial charge is 0.360 e. The number of nitrogens with one attached hydrogen (secondary N) is 2. The fourth-order valence-electron chi connectivity index (χ4n) is 2.67. The molecule has 2 N–H and O–H groups in total. The Morgan fingerprint density at radius 1 is 1.00 bits per heavy atom. The van der Waals surface area contributed by atoms with Crippen LogP contribution in [0.5, 0.6) is 0 Å². The molecule has 0 unspecified atom stereocenters. The molecule has 2 amide bonds. The van der Waals surface area contributed by atoms with Crippen LogP contribution in [-0.4, -0.2) is 23.5 Å². The molecule has 0 bridgehead atoms. The van der Waals surface area contributed by atoms with Crippen molar-refractivity contribution in [2.45, 2.75) is 20.3 Å². The lowest BCUT2D eigenvalue weighted by Gasteiger charge is -2.07. The summed E-state index contributed by atoms with van der Waals surface area (Å²) in [5, 5.41) is 9.68. The second-order valence-electron chi connectivity index (χ2n) is 6.12. The molecule has 3 rings (SSSR count). The number of anilines is 1. The number of aromatic nitrogens is 1. The Bertz CT molecular complexity index is 931. The van der Waals surface area contributed by atoms with Crippen molar-refractivity contribution < 1.29 is 14.1 Å². The first-order valence-corrected chi connectivity index (χ1v) is 8.81. The van der Waals surface area contributed by atoms with E-state index in [-0.39, 0.29) is 11.8 Å². The summed E-state index contributed by atoms with van der Waals surface area (Å²) in [6.07, 6.45) is 0.877. The average molecular weight is 363 g/mol. The lowest BCUT2D eigenvalue weighted by molar-refractivity contribution is 0.0953. The number of hydrogen-bond acceptors (Lipinski definition) is 4. The maximum Gasteiger partial charge on any atom is 0.261 e. The van der Waals surface area contributed by atoms with Crippen molar-refractivity contribution in [1.82, 2.24) is 10.5 Å². The molecule has 0 atom stereocenters. The van der Waals surface area contributed by atoms with E-state index in [9.17, 15) is 9.59 Å². The number of benzene rings is 2. The summed E-state index contributed by atoms with van der Waals surface area (Å²) < 4.78 is 5.23. The molecule has 0 aliphatic heterocycles. The van der Waals surface area contributed by atoms with E-state index in [1.165, 1.54) is 0 Å². The first kappa shape index (κ1) is 18.4. The van der Waals surface area contributed by atoms with Gasteiger partial charge in [0.25, 0.3) is 11.8 Å². The zero-order valence-electron chi connectivity index (χ0n) is 15.3. The summed E-state index contributed by atoms with van der Waals surface area (Å²) in [6.45, 7) is 4.33. The predicted octanol–water partition coefficient (Wildman–Crippen LogP) is 4.04. The molecule has 1 aromatic heterocycles. The molecule has 6 heteroatoms. The fraction of sp³-hybridized carbons (Fsp3) is 0.190. The molecule has 138 valence electrons. The quantitative estimate of drug-likeness (QED) is 0.692. The summed E-state index contributed by atoms with van der Waals surface area (Å²) in [6, 6.07) is 16.2. The van der Waals surface area contributed by atoms with Gasteiger partial charge in [-0.1, -0.05) is 42.4 Å². The van der Waals surface area contributed by atoms with Crippen LogP contribution in [0.25, 0.3) is 11.3 Å². The van der Waals surface area contributed by atoms with Gasteiger partial charge >= 0.3 is 0 Å². The van der Waals surface area contributed by atoms with Gasteiger partial charge in [-0.15, -0.1) is 0 Å². The Labute approximate surface area is 157 Å². The molecule has 0 saturated heterocycles. The summed E-state index contributed by atoms with van der Waals surface area (Å²) >= 11 is 0. The smallest absolute Gasteiger partial charge is 0.261 e. The van der Waals surface area contributed by atoms with E-state index in [0.29, 0.717) is 34.8 Å². The fourth-order valence-corrected chi connectivity index (χ4v) is 2.67. The van der Waals surface area contributed by atoms with E-state index in [1.807, 2.05) is 37.3 Å². The van der Waals surface area contributed by atoms with E-state index in [2.05, 4.69) is 15.8 Å². The van der Waals surface area contributed by atoms with Crippen molar-refractivity contribution in [1.29, 1.82) is 0 Å². The number of aryl methyl sites for hydroxylation is 1. The molecule has 27 heavy (non-hydrogen) atoms. The number of carbonyl (C=O) groups excluding carboxylic acids is 2. The van der Waals surface area contributed by atoms with Gasteiger partial charge in [-0.2, -0.15) is 0 Å². The minimum Gasteiger partial charge on any atom is -0.360 e. The van der Waals surface area contributed by atoms with Gasteiger partial charge in [-0.05, 0) is 37.6 Å². The zero-order valence-corrected chi connectivity index (χ0v) is 15.3. The summed E-state index contributed by atoms with van der Waals surface area (Å²) in [4.78, 5) is 24.7. The van der Waals surface area contributed by atoms with Crippen LogP contribution >= 0.6 is 0 Å². The van der Waals surface area contributed by atoms with E-state index in [0.717, 1.165) is 12.0 Å². The molecule has 6 nitrogen and oxygen atoms in total. The maximum atomic E-state index is 12.8. The molecular formula is C21H21N3O3. The molecular weight excluding hydrogens is 342 g/mol. The highest BCUT2D eigenvalue weighted by Gasteiger charge is 2.21. The number of carbonyl (C=O) groups is 2. The number of nitrogens with zero attached hydrogens (tertiary/aromatic N) is 1. The SMILES string of the molecule is CCCNC(=O)c1ccc(NC(=O)c2c(-c3ccccc3)noc2C)cc1. The van der Waals surface area contributed by atoms with Crippen LogP contribution < -0.4 is 10.6 Å². The van der Waals surface area contributed by atoms with Crippen molar-refractivity contribution in [3.05, 3.63) is 71.5 Å². The number of amides is 2. The second kappa shape index (κ2) is 8.31. The van der Waals surface area contributed by atoms with Crippen LogP contribution in [0.4, 0.5) is 5.69 Å². The molecule has 1 heterocycles. The Kier molecular flexibility index (Phi) is 5.66. The van der Waals surface area contributed by atoms with Crippen LogP contribution in [0.3, 0.4) is 0 Å². The Morgan fingerprint density at radius 3 is 2.37 bits per heavy atom. The summed E-state index contributed by atoms with van der Waals surface area (Å²) in [5.74, 6) is 0.00803. The highest BCUT2D eigenvalue weighted by atomic mass is 16.5. The van der Waals surface area contributed by atoms with E-state index < -0.39 is 0 Å². The van der Waals surface area contributed by atoms with Gasteiger partial charge in [0.2, 0.25) is 0 Å². The van der Waals surface area contributed by atoms with Crippen molar-refractivity contribution in [2.75, 3.05) is 11.9 Å². The van der Waals surface area contributed by atoms with Gasteiger partial charge in [0.05, 0.1) is 0 Å².